The summed E-state index contributed by atoms with van der Waals surface area (Å²) >= 11 is 0. The van der Waals surface area contributed by atoms with Crippen LogP contribution in [0.15, 0.2) is 48.7 Å². The van der Waals surface area contributed by atoms with Crippen LogP contribution in [-0.2, 0) is 6.54 Å². The third-order valence-electron chi connectivity index (χ3n) is 5.51. The van der Waals surface area contributed by atoms with Crippen LogP contribution in [0.2, 0.25) is 0 Å². The molecule has 1 N–H and O–H groups in total. The van der Waals surface area contributed by atoms with E-state index in [1.54, 1.807) is 0 Å². The van der Waals surface area contributed by atoms with Crippen molar-refractivity contribution < 1.29 is 4.79 Å². The second kappa shape index (κ2) is 8.71. The van der Waals surface area contributed by atoms with E-state index in [-0.39, 0.29) is 11.9 Å². The molecule has 3 aromatic rings. The predicted octanol–water partition coefficient (Wildman–Crippen LogP) is 2.36. The van der Waals surface area contributed by atoms with Crippen LogP contribution in [0.3, 0.4) is 0 Å². The van der Waals surface area contributed by atoms with Gasteiger partial charge < -0.3 is 5.32 Å². The van der Waals surface area contributed by atoms with E-state index in [0.29, 0.717) is 12.1 Å². The molecule has 3 heterocycles. The summed E-state index contributed by atoms with van der Waals surface area (Å²) in [4.78, 5) is 17.2. The van der Waals surface area contributed by atoms with Crippen molar-refractivity contribution in [1.29, 1.82) is 0 Å². The van der Waals surface area contributed by atoms with Crippen LogP contribution in [0.25, 0.3) is 5.65 Å². The Morgan fingerprint density at radius 3 is 2.76 bits per heavy atom. The van der Waals surface area contributed by atoms with Crippen LogP contribution in [0.5, 0.6) is 0 Å². The zero-order valence-electron chi connectivity index (χ0n) is 17.1. The second-order valence-electron chi connectivity index (χ2n) is 7.68. The highest BCUT2D eigenvalue weighted by Crippen LogP contribution is 2.24. The molecule has 0 spiro atoms. The number of piperazine rings is 1. The van der Waals surface area contributed by atoms with E-state index in [1.165, 1.54) is 5.56 Å². The summed E-state index contributed by atoms with van der Waals surface area (Å²) in [7, 11) is 2.13. The van der Waals surface area contributed by atoms with Crippen LogP contribution in [-0.4, -0.2) is 63.5 Å². The Kier molecular flexibility index (Phi) is 5.87. The monoisotopic (exact) mass is 392 g/mol. The number of rotatable bonds is 6. The van der Waals surface area contributed by atoms with Crippen molar-refractivity contribution in [2.24, 2.45) is 0 Å². The molecule has 4 rings (SSSR count). The summed E-state index contributed by atoms with van der Waals surface area (Å²) in [5, 5.41) is 11.8. The van der Waals surface area contributed by atoms with Gasteiger partial charge in [-0.25, -0.2) is 0 Å². The molecule has 1 amide bonds. The van der Waals surface area contributed by atoms with Gasteiger partial charge in [-0.2, -0.15) is 0 Å². The predicted molar refractivity (Wildman–Crippen MR) is 113 cm³/mol. The fourth-order valence-electron chi connectivity index (χ4n) is 3.80. The van der Waals surface area contributed by atoms with Crippen molar-refractivity contribution in [2.75, 3.05) is 33.2 Å². The van der Waals surface area contributed by atoms with Gasteiger partial charge in [0.15, 0.2) is 11.5 Å². The van der Waals surface area contributed by atoms with Gasteiger partial charge >= 0.3 is 0 Å². The van der Waals surface area contributed by atoms with Gasteiger partial charge in [-0.05, 0) is 31.2 Å². The molecular formula is C22H28N6O. The number of nitrogens with zero attached hydrogens (tertiary/aromatic N) is 5. The number of carbonyl (C=O) groups excluding carboxylic acids is 1. The number of pyridine rings is 1. The van der Waals surface area contributed by atoms with Gasteiger partial charge in [-0.1, -0.05) is 37.3 Å². The number of likely N-dealkylation sites (N-methyl/N-ethyl adjacent to an activating group) is 1. The number of benzene rings is 1. The highest BCUT2D eigenvalue weighted by molar-refractivity contribution is 5.94. The molecule has 1 atom stereocenters. The van der Waals surface area contributed by atoms with Crippen LogP contribution >= 0.6 is 0 Å². The maximum Gasteiger partial charge on any atom is 0.252 e. The second-order valence-corrected chi connectivity index (χ2v) is 7.68. The maximum absolute atomic E-state index is 12.4. The van der Waals surface area contributed by atoms with Crippen molar-refractivity contribution in [3.63, 3.8) is 0 Å². The average Bonchev–Trinajstić information content (AvgIpc) is 3.17. The zero-order valence-corrected chi connectivity index (χ0v) is 17.1. The number of amides is 1. The van der Waals surface area contributed by atoms with Crippen molar-refractivity contribution >= 4 is 11.6 Å². The number of aromatic nitrogens is 3. The molecule has 0 aliphatic carbocycles. The van der Waals surface area contributed by atoms with Crippen LogP contribution < -0.4 is 5.32 Å². The first kappa shape index (κ1) is 19.5. The lowest BCUT2D eigenvalue weighted by Gasteiger charge is -2.38. The topological polar surface area (TPSA) is 65.8 Å². The standard InChI is InChI=1S/C22H28N6O/c1-3-11-23-22(29)18-9-10-20-24-25-21(28(20)15-18)19-16-27(13-12-26(19)2)14-17-7-5-4-6-8-17/h4-10,15,19H,3,11-14,16H2,1-2H3,(H,23,29)/t19-/m1/s1. The molecule has 1 fully saturated rings. The van der Waals surface area contributed by atoms with E-state index < -0.39 is 0 Å². The summed E-state index contributed by atoms with van der Waals surface area (Å²) in [6, 6.07) is 14.3. The van der Waals surface area contributed by atoms with Crippen molar-refractivity contribution in [1.82, 2.24) is 29.7 Å². The lowest BCUT2D eigenvalue weighted by atomic mass is 10.1. The first-order chi connectivity index (χ1) is 14.2. The Balaban J connectivity index is 1.57. The molecule has 0 unspecified atom stereocenters. The SMILES string of the molecule is CCCNC(=O)c1ccc2nnc([C@H]3CN(Cc4ccccc4)CCN3C)n2c1. The quantitative estimate of drug-likeness (QED) is 0.698. The third-order valence-corrected chi connectivity index (χ3v) is 5.51. The van der Waals surface area contributed by atoms with Crippen molar-refractivity contribution in [3.05, 3.63) is 65.6 Å². The van der Waals surface area contributed by atoms with E-state index in [1.807, 2.05) is 35.7 Å². The van der Waals surface area contributed by atoms with Crippen LogP contribution in [0.4, 0.5) is 0 Å². The molecule has 0 bridgehead atoms. The fourth-order valence-corrected chi connectivity index (χ4v) is 3.80. The van der Waals surface area contributed by atoms with Gasteiger partial charge in [0.1, 0.15) is 0 Å². The minimum absolute atomic E-state index is 0.0592. The Hall–Kier alpha value is -2.77. The van der Waals surface area contributed by atoms with E-state index in [0.717, 1.165) is 44.1 Å². The Morgan fingerprint density at radius 1 is 1.14 bits per heavy atom. The summed E-state index contributed by atoms with van der Waals surface area (Å²) in [5.74, 6) is 0.821. The minimum atomic E-state index is -0.0592. The fraction of sp³-hybridized carbons (Fsp3) is 0.409. The summed E-state index contributed by atoms with van der Waals surface area (Å²) in [6.45, 7) is 6.49. The highest BCUT2D eigenvalue weighted by Gasteiger charge is 2.29. The summed E-state index contributed by atoms with van der Waals surface area (Å²) < 4.78 is 1.97. The molecule has 1 saturated heterocycles. The van der Waals surface area contributed by atoms with Gasteiger partial charge in [0.25, 0.3) is 5.91 Å². The highest BCUT2D eigenvalue weighted by atomic mass is 16.1. The Labute approximate surface area is 171 Å². The number of fused-ring (bicyclic) bond motifs is 1. The largest absolute Gasteiger partial charge is 0.352 e. The molecule has 0 saturated carbocycles. The van der Waals surface area contributed by atoms with Crippen LogP contribution in [0.1, 0.15) is 41.1 Å². The molecule has 7 heteroatoms. The molecule has 29 heavy (non-hydrogen) atoms. The van der Waals surface area contributed by atoms with E-state index in [4.69, 9.17) is 0 Å². The van der Waals surface area contributed by atoms with E-state index in [9.17, 15) is 4.79 Å². The summed E-state index contributed by atoms with van der Waals surface area (Å²) in [5.41, 5.74) is 2.71. The molecule has 2 aromatic heterocycles. The van der Waals surface area contributed by atoms with Gasteiger partial charge in [-0.3, -0.25) is 19.0 Å². The van der Waals surface area contributed by atoms with Gasteiger partial charge in [0, 0.05) is 38.9 Å². The van der Waals surface area contributed by atoms with Crippen LogP contribution in [0, 0.1) is 0 Å². The number of hydrogen-bond donors (Lipinski definition) is 1. The molecule has 0 radical (unpaired) electrons. The normalized spacial score (nSPS) is 18.2. The first-order valence-electron chi connectivity index (χ1n) is 10.2. The molecule has 1 aromatic carbocycles. The molecule has 152 valence electrons. The zero-order chi connectivity index (χ0) is 20.2. The first-order valence-corrected chi connectivity index (χ1v) is 10.2. The molecule has 7 nitrogen and oxygen atoms in total. The van der Waals surface area contributed by atoms with E-state index >= 15 is 0 Å². The average molecular weight is 393 g/mol. The number of hydrogen-bond acceptors (Lipinski definition) is 5. The summed E-state index contributed by atoms with van der Waals surface area (Å²) in [6.07, 6.45) is 2.77. The lowest BCUT2D eigenvalue weighted by Crippen LogP contribution is -2.46. The third kappa shape index (κ3) is 4.31. The van der Waals surface area contributed by atoms with Crippen molar-refractivity contribution in [2.45, 2.75) is 25.9 Å². The Morgan fingerprint density at radius 2 is 1.97 bits per heavy atom. The molecule has 1 aliphatic heterocycles. The molecule has 1 aliphatic rings. The smallest absolute Gasteiger partial charge is 0.252 e. The lowest BCUT2D eigenvalue weighted by molar-refractivity contribution is 0.0852. The van der Waals surface area contributed by atoms with Gasteiger partial charge in [-0.15, -0.1) is 10.2 Å². The number of carbonyl (C=O) groups is 1. The molecular weight excluding hydrogens is 364 g/mol. The Bertz CT molecular complexity index is 970. The van der Waals surface area contributed by atoms with E-state index in [2.05, 4.69) is 56.6 Å². The van der Waals surface area contributed by atoms with Gasteiger partial charge in [0.2, 0.25) is 0 Å². The van der Waals surface area contributed by atoms with Crippen molar-refractivity contribution in [3.8, 4) is 0 Å². The maximum atomic E-state index is 12.4. The number of nitrogens with one attached hydrogen (secondary N) is 1. The van der Waals surface area contributed by atoms with Gasteiger partial charge in [0.05, 0.1) is 11.6 Å². The minimum Gasteiger partial charge on any atom is -0.352 e.